The molecule has 1 amide bonds. The molecule has 0 fully saturated rings. The van der Waals surface area contributed by atoms with Crippen LogP contribution in [0.25, 0.3) is 0 Å². The topological polar surface area (TPSA) is 63.2 Å². The average Bonchev–Trinajstić information content (AvgIpc) is 2.12. The lowest BCUT2D eigenvalue weighted by Gasteiger charge is -2.13. The number of sulfone groups is 1. The number of carbonyl (C=O) groups excluding carboxylic acids is 1. The summed E-state index contributed by atoms with van der Waals surface area (Å²) in [5.74, 6) is -0.294. The van der Waals surface area contributed by atoms with Gasteiger partial charge in [0.2, 0.25) is 5.91 Å². The van der Waals surface area contributed by atoms with Gasteiger partial charge in [-0.25, -0.2) is 8.42 Å². The summed E-state index contributed by atoms with van der Waals surface area (Å²) in [6, 6.07) is 0. The Balaban J connectivity index is 4.38. The quantitative estimate of drug-likeness (QED) is 0.688. The third-order valence-corrected chi connectivity index (χ3v) is 3.93. The first kappa shape index (κ1) is 14.2. The van der Waals surface area contributed by atoms with Crippen molar-refractivity contribution in [3.8, 4) is 0 Å². The van der Waals surface area contributed by atoms with E-state index >= 15 is 0 Å². The number of carbonyl (C=O) groups is 1. The highest BCUT2D eigenvalue weighted by molar-refractivity contribution is 7.92. The lowest BCUT2D eigenvalue weighted by Crippen LogP contribution is -2.40. The highest BCUT2D eigenvalue weighted by atomic mass is 32.2. The van der Waals surface area contributed by atoms with Gasteiger partial charge in [0.15, 0.2) is 9.84 Å². The van der Waals surface area contributed by atoms with E-state index in [1.807, 2.05) is 13.8 Å². The maximum absolute atomic E-state index is 11.5. The predicted octanol–water partition coefficient (Wildman–Crippen LogP) is 0.748. The number of amides is 1. The van der Waals surface area contributed by atoms with Crippen LogP contribution in [0.15, 0.2) is 12.7 Å². The molecule has 0 aliphatic rings. The van der Waals surface area contributed by atoms with E-state index in [0.717, 1.165) is 0 Å². The van der Waals surface area contributed by atoms with Crippen LogP contribution < -0.4 is 5.32 Å². The summed E-state index contributed by atoms with van der Waals surface area (Å²) >= 11 is 0. The summed E-state index contributed by atoms with van der Waals surface area (Å²) < 4.78 is 23.0. The van der Waals surface area contributed by atoms with Crippen molar-refractivity contribution in [2.45, 2.75) is 26.0 Å². The molecular formula is C10H19NO3S. The zero-order chi connectivity index (χ0) is 12.1. The van der Waals surface area contributed by atoms with Gasteiger partial charge in [-0.1, -0.05) is 19.9 Å². The molecule has 0 aliphatic carbocycles. The Morgan fingerprint density at radius 3 is 2.33 bits per heavy atom. The second-order valence-electron chi connectivity index (χ2n) is 3.90. The highest BCUT2D eigenvalue weighted by Crippen LogP contribution is 2.02. The molecule has 0 rings (SSSR count). The molecule has 0 aromatic rings. The minimum atomic E-state index is -3.39. The van der Waals surface area contributed by atoms with E-state index in [-0.39, 0.29) is 5.75 Å². The molecule has 0 spiro atoms. The maximum Gasteiger partial charge on any atom is 0.238 e. The van der Waals surface area contributed by atoms with Crippen molar-refractivity contribution >= 4 is 15.7 Å². The Hall–Kier alpha value is -0.840. The van der Waals surface area contributed by atoms with Crippen LogP contribution in [0.1, 0.15) is 20.8 Å². The van der Waals surface area contributed by atoms with Gasteiger partial charge in [0.25, 0.3) is 0 Å². The number of hydrogen-bond donors (Lipinski definition) is 1. The SMILES string of the molecule is C=CCS(=O)(=O)C(C)C(=O)NCC(C)C. The summed E-state index contributed by atoms with van der Waals surface area (Å²) in [6.45, 7) is 9.14. The Kier molecular flexibility index (Phi) is 5.57. The van der Waals surface area contributed by atoms with Crippen LogP contribution in [-0.4, -0.2) is 31.9 Å². The zero-order valence-corrected chi connectivity index (χ0v) is 10.3. The number of nitrogens with one attached hydrogen (secondary N) is 1. The molecule has 0 saturated carbocycles. The van der Waals surface area contributed by atoms with E-state index in [4.69, 9.17) is 0 Å². The van der Waals surface area contributed by atoms with Gasteiger partial charge in [0.1, 0.15) is 5.25 Å². The lowest BCUT2D eigenvalue weighted by atomic mass is 10.2. The average molecular weight is 233 g/mol. The van der Waals surface area contributed by atoms with Crippen molar-refractivity contribution in [1.29, 1.82) is 0 Å². The Morgan fingerprint density at radius 1 is 1.40 bits per heavy atom. The fraction of sp³-hybridized carbons (Fsp3) is 0.700. The van der Waals surface area contributed by atoms with Gasteiger partial charge in [0.05, 0.1) is 5.75 Å². The molecular weight excluding hydrogens is 214 g/mol. The van der Waals surface area contributed by atoms with Crippen LogP contribution in [0.2, 0.25) is 0 Å². The van der Waals surface area contributed by atoms with Crippen molar-refractivity contribution in [3.63, 3.8) is 0 Å². The van der Waals surface area contributed by atoms with Gasteiger partial charge in [-0.3, -0.25) is 4.79 Å². The molecule has 0 aromatic heterocycles. The van der Waals surface area contributed by atoms with E-state index in [2.05, 4.69) is 11.9 Å². The molecule has 88 valence electrons. The third-order valence-electron chi connectivity index (χ3n) is 1.94. The molecule has 15 heavy (non-hydrogen) atoms. The van der Waals surface area contributed by atoms with Crippen molar-refractivity contribution in [2.24, 2.45) is 5.92 Å². The van der Waals surface area contributed by atoms with E-state index < -0.39 is 21.0 Å². The molecule has 5 heteroatoms. The summed E-state index contributed by atoms with van der Waals surface area (Å²) in [4.78, 5) is 11.4. The molecule has 0 heterocycles. The molecule has 0 bridgehead atoms. The normalized spacial score (nSPS) is 13.6. The number of rotatable bonds is 6. The largest absolute Gasteiger partial charge is 0.355 e. The summed E-state index contributed by atoms with van der Waals surface area (Å²) in [7, 11) is -3.39. The monoisotopic (exact) mass is 233 g/mol. The molecule has 1 atom stereocenters. The maximum atomic E-state index is 11.5. The van der Waals surface area contributed by atoms with Gasteiger partial charge in [-0.15, -0.1) is 6.58 Å². The van der Waals surface area contributed by atoms with Crippen molar-refractivity contribution in [1.82, 2.24) is 5.32 Å². The molecule has 4 nitrogen and oxygen atoms in total. The minimum Gasteiger partial charge on any atom is -0.355 e. The minimum absolute atomic E-state index is 0.163. The Bertz CT molecular complexity index is 320. The van der Waals surface area contributed by atoms with Crippen molar-refractivity contribution < 1.29 is 13.2 Å². The van der Waals surface area contributed by atoms with Gasteiger partial charge in [-0.05, 0) is 12.8 Å². The molecule has 0 aromatic carbocycles. The Morgan fingerprint density at radius 2 is 1.93 bits per heavy atom. The predicted molar refractivity (Wildman–Crippen MR) is 61.3 cm³/mol. The van der Waals surface area contributed by atoms with Crippen molar-refractivity contribution in [2.75, 3.05) is 12.3 Å². The van der Waals surface area contributed by atoms with E-state index in [1.165, 1.54) is 13.0 Å². The molecule has 0 radical (unpaired) electrons. The fourth-order valence-corrected chi connectivity index (χ4v) is 1.95. The fourth-order valence-electron chi connectivity index (χ4n) is 0.920. The first-order valence-electron chi connectivity index (χ1n) is 4.91. The summed E-state index contributed by atoms with van der Waals surface area (Å²) in [5.41, 5.74) is 0. The third kappa shape index (κ3) is 4.97. The highest BCUT2D eigenvalue weighted by Gasteiger charge is 2.26. The Labute approximate surface area is 91.7 Å². The summed E-state index contributed by atoms with van der Waals surface area (Å²) in [5, 5.41) is 1.59. The lowest BCUT2D eigenvalue weighted by molar-refractivity contribution is -0.120. The van der Waals surface area contributed by atoms with Crippen LogP contribution >= 0.6 is 0 Å². The van der Waals surface area contributed by atoms with Crippen LogP contribution in [-0.2, 0) is 14.6 Å². The van der Waals surface area contributed by atoms with Gasteiger partial charge >= 0.3 is 0 Å². The first-order chi connectivity index (χ1) is 6.81. The zero-order valence-electron chi connectivity index (χ0n) is 9.49. The van der Waals surface area contributed by atoms with Crippen LogP contribution in [0, 0.1) is 5.92 Å². The van der Waals surface area contributed by atoms with E-state index in [9.17, 15) is 13.2 Å². The van der Waals surface area contributed by atoms with Gasteiger partial charge < -0.3 is 5.32 Å². The smallest absolute Gasteiger partial charge is 0.238 e. The standard InChI is InChI=1S/C10H19NO3S/c1-5-6-15(13,14)9(4)10(12)11-7-8(2)3/h5,8-9H,1,6-7H2,2-4H3,(H,11,12). The molecule has 0 saturated heterocycles. The van der Waals surface area contributed by atoms with Crippen LogP contribution in [0.4, 0.5) is 0 Å². The van der Waals surface area contributed by atoms with Crippen LogP contribution in [0.3, 0.4) is 0 Å². The molecule has 0 aliphatic heterocycles. The second-order valence-corrected chi connectivity index (χ2v) is 6.27. The molecule has 1 unspecified atom stereocenters. The summed E-state index contributed by atoms with van der Waals surface area (Å²) in [6.07, 6.45) is 1.29. The van der Waals surface area contributed by atoms with Crippen molar-refractivity contribution in [3.05, 3.63) is 12.7 Å². The van der Waals surface area contributed by atoms with Gasteiger partial charge in [0, 0.05) is 6.54 Å². The number of hydrogen-bond acceptors (Lipinski definition) is 3. The molecule has 1 N–H and O–H groups in total. The van der Waals surface area contributed by atoms with Gasteiger partial charge in [-0.2, -0.15) is 0 Å². The second kappa shape index (κ2) is 5.90. The van der Waals surface area contributed by atoms with E-state index in [1.54, 1.807) is 0 Å². The first-order valence-corrected chi connectivity index (χ1v) is 6.63. The van der Waals surface area contributed by atoms with E-state index in [0.29, 0.717) is 12.5 Å². The van der Waals surface area contributed by atoms with Crippen LogP contribution in [0.5, 0.6) is 0 Å².